The highest BCUT2D eigenvalue weighted by atomic mass is 32.1. The molecule has 0 amide bonds. The highest BCUT2D eigenvalue weighted by Gasteiger charge is 2.20. The Labute approximate surface area is 128 Å². The molecule has 1 aliphatic heterocycles. The molecule has 1 aromatic heterocycles. The van der Waals surface area contributed by atoms with Gasteiger partial charge in [-0.1, -0.05) is 23.8 Å². The topological polar surface area (TPSA) is 50.0 Å². The second-order valence-electron chi connectivity index (χ2n) is 5.23. The molecule has 21 heavy (non-hydrogen) atoms. The Kier molecular flexibility index (Phi) is 4.10. The number of nitrogens with one attached hydrogen (secondary N) is 2. The van der Waals surface area contributed by atoms with Crippen molar-refractivity contribution >= 4 is 12.2 Å². The molecule has 110 valence electrons. The molecule has 2 N–H and O–H groups in total. The van der Waals surface area contributed by atoms with Crippen LogP contribution in [0.3, 0.4) is 0 Å². The molecule has 0 aromatic carbocycles. The first kappa shape index (κ1) is 13.9. The van der Waals surface area contributed by atoms with E-state index in [1.807, 2.05) is 6.20 Å². The Morgan fingerprint density at radius 3 is 3.00 bits per heavy atom. The standard InChI is InChI=1S/C16H18N2O2S/c1-11(14-8-17-16(21)18-14)15-10-19-9-13(20-15)7-12-5-3-2-4-6-12/h2-3,5,8-11H,4,6-7H2,1H3,(H2,17,18,21). The minimum atomic E-state index is 0.0573. The zero-order valence-corrected chi connectivity index (χ0v) is 12.7. The van der Waals surface area contributed by atoms with E-state index >= 15 is 0 Å². The Hall–Kier alpha value is -2.01. The van der Waals surface area contributed by atoms with Crippen molar-refractivity contribution in [2.75, 3.05) is 0 Å². The van der Waals surface area contributed by atoms with Crippen molar-refractivity contribution in [1.82, 2.24) is 9.97 Å². The average Bonchev–Trinajstić information content (AvgIpc) is 2.94. The third kappa shape index (κ3) is 3.36. The second-order valence-corrected chi connectivity index (χ2v) is 5.64. The lowest BCUT2D eigenvalue weighted by atomic mass is 10.0. The number of aromatic amines is 2. The first-order chi connectivity index (χ1) is 10.2. The van der Waals surface area contributed by atoms with Gasteiger partial charge in [0.1, 0.15) is 24.0 Å². The highest BCUT2D eigenvalue weighted by molar-refractivity contribution is 7.71. The molecule has 1 unspecified atom stereocenters. The van der Waals surface area contributed by atoms with Gasteiger partial charge in [-0.3, -0.25) is 0 Å². The lowest BCUT2D eigenvalue weighted by Crippen LogP contribution is -2.08. The molecular weight excluding hydrogens is 284 g/mol. The van der Waals surface area contributed by atoms with E-state index in [0.717, 1.165) is 36.5 Å². The SMILES string of the molecule is CC(C1=COC=C(CC2=CC=CCC2)O1)c1c[nH]c(=S)[nH]1. The number of rotatable bonds is 4. The summed E-state index contributed by atoms with van der Waals surface area (Å²) in [7, 11) is 0. The van der Waals surface area contributed by atoms with Crippen molar-refractivity contribution < 1.29 is 9.47 Å². The van der Waals surface area contributed by atoms with Gasteiger partial charge >= 0.3 is 0 Å². The summed E-state index contributed by atoms with van der Waals surface area (Å²) >= 11 is 5.06. The highest BCUT2D eigenvalue weighted by Crippen LogP contribution is 2.30. The van der Waals surface area contributed by atoms with Crippen LogP contribution in [0, 0.1) is 4.77 Å². The molecule has 1 aromatic rings. The lowest BCUT2D eigenvalue weighted by molar-refractivity contribution is 0.201. The van der Waals surface area contributed by atoms with Crippen molar-refractivity contribution in [3.63, 3.8) is 0 Å². The molecule has 4 nitrogen and oxygen atoms in total. The predicted molar refractivity (Wildman–Crippen MR) is 83.8 cm³/mol. The van der Waals surface area contributed by atoms with Crippen LogP contribution in [-0.2, 0) is 9.47 Å². The van der Waals surface area contributed by atoms with Crippen LogP contribution in [0.5, 0.6) is 0 Å². The molecule has 2 heterocycles. The van der Waals surface area contributed by atoms with Crippen molar-refractivity contribution in [2.45, 2.75) is 32.1 Å². The van der Waals surface area contributed by atoms with Gasteiger partial charge in [0.05, 0.1) is 5.92 Å². The van der Waals surface area contributed by atoms with Gasteiger partial charge < -0.3 is 19.4 Å². The van der Waals surface area contributed by atoms with Crippen LogP contribution in [0.15, 0.2) is 54.0 Å². The zero-order valence-electron chi connectivity index (χ0n) is 11.9. The molecule has 0 spiro atoms. The van der Waals surface area contributed by atoms with Crippen molar-refractivity contribution in [2.24, 2.45) is 0 Å². The Morgan fingerprint density at radius 1 is 1.38 bits per heavy atom. The summed E-state index contributed by atoms with van der Waals surface area (Å²) < 4.78 is 12.0. The molecule has 0 saturated heterocycles. The number of H-pyrrole nitrogens is 2. The van der Waals surface area contributed by atoms with E-state index in [2.05, 4.69) is 35.1 Å². The van der Waals surface area contributed by atoms with E-state index in [0.29, 0.717) is 4.77 Å². The summed E-state index contributed by atoms with van der Waals surface area (Å²) in [5, 5.41) is 0. The summed E-state index contributed by atoms with van der Waals surface area (Å²) in [6.07, 6.45) is 14.6. The molecule has 0 bridgehead atoms. The molecule has 3 rings (SSSR count). The van der Waals surface area contributed by atoms with Gasteiger partial charge in [-0.05, 0) is 32.0 Å². The fourth-order valence-electron chi connectivity index (χ4n) is 2.40. The summed E-state index contributed by atoms with van der Waals surface area (Å²) in [6, 6.07) is 0. The van der Waals surface area contributed by atoms with Gasteiger partial charge in [-0.2, -0.15) is 0 Å². The zero-order chi connectivity index (χ0) is 14.7. The van der Waals surface area contributed by atoms with Gasteiger partial charge in [0.15, 0.2) is 4.77 Å². The normalized spacial score (nSPS) is 19.0. The summed E-state index contributed by atoms with van der Waals surface area (Å²) in [4.78, 5) is 6.08. The maximum atomic E-state index is 5.98. The van der Waals surface area contributed by atoms with E-state index in [1.54, 1.807) is 12.5 Å². The van der Waals surface area contributed by atoms with Crippen LogP contribution in [-0.4, -0.2) is 9.97 Å². The van der Waals surface area contributed by atoms with Crippen LogP contribution in [0.2, 0.25) is 0 Å². The van der Waals surface area contributed by atoms with Gasteiger partial charge in [0.2, 0.25) is 0 Å². The van der Waals surface area contributed by atoms with Crippen LogP contribution in [0.4, 0.5) is 0 Å². The monoisotopic (exact) mass is 302 g/mol. The van der Waals surface area contributed by atoms with Gasteiger partial charge in [0, 0.05) is 18.3 Å². The molecule has 0 saturated carbocycles. The number of imidazole rings is 1. The van der Waals surface area contributed by atoms with Crippen LogP contribution in [0.1, 0.15) is 37.8 Å². The van der Waals surface area contributed by atoms with Crippen LogP contribution >= 0.6 is 12.2 Å². The molecule has 0 fully saturated rings. The summed E-state index contributed by atoms with van der Waals surface area (Å²) in [6.45, 7) is 2.05. The number of hydrogen-bond acceptors (Lipinski definition) is 3. The van der Waals surface area contributed by atoms with Crippen molar-refractivity contribution in [1.29, 1.82) is 0 Å². The molecule has 2 aliphatic rings. The quantitative estimate of drug-likeness (QED) is 0.801. The van der Waals surface area contributed by atoms with Crippen molar-refractivity contribution in [3.05, 3.63) is 64.5 Å². The smallest absolute Gasteiger partial charge is 0.174 e. The molecular formula is C16H18N2O2S. The predicted octanol–water partition coefficient (Wildman–Crippen LogP) is 4.57. The van der Waals surface area contributed by atoms with Crippen molar-refractivity contribution in [3.8, 4) is 0 Å². The maximum Gasteiger partial charge on any atom is 0.174 e. The number of hydrogen-bond donors (Lipinski definition) is 2. The van der Waals surface area contributed by atoms with Gasteiger partial charge in [0.25, 0.3) is 0 Å². The fraction of sp³-hybridized carbons (Fsp3) is 0.312. The van der Waals surface area contributed by atoms with E-state index in [-0.39, 0.29) is 5.92 Å². The van der Waals surface area contributed by atoms with E-state index in [4.69, 9.17) is 21.7 Å². The fourth-order valence-corrected chi connectivity index (χ4v) is 2.58. The van der Waals surface area contributed by atoms with E-state index in [9.17, 15) is 0 Å². The number of ether oxygens (including phenoxy) is 2. The van der Waals surface area contributed by atoms with Gasteiger partial charge in [-0.25, -0.2) is 0 Å². The lowest BCUT2D eigenvalue weighted by Gasteiger charge is -2.21. The molecule has 0 radical (unpaired) electrons. The van der Waals surface area contributed by atoms with Crippen LogP contribution in [0.25, 0.3) is 0 Å². The molecule has 1 atom stereocenters. The largest absolute Gasteiger partial charge is 0.466 e. The average molecular weight is 302 g/mol. The Balaban J connectivity index is 1.66. The Morgan fingerprint density at radius 2 is 2.29 bits per heavy atom. The van der Waals surface area contributed by atoms with E-state index in [1.165, 1.54) is 5.57 Å². The molecule has 1 aliphatic carbocycles. The Bertz CT molecular complexity index is 691. The number of allylic oxidation sites excluding steroid dienone is 5. The first-order valence-electron chi connectivity index (χ1n) is 7.07. The van der Waals surface area contributed by atoms with Gasteiger partial charge in [-0.15, -0.1) is 0 Å². The first-order valence-corrected chi connectivity index (χ1v) is 7.48. The minimum Gasteiger partial charge on any atom is -0.466 e. The second kappa shape index (κ2) is 6.18. The summed E-state index contributed by atoms with van der Waals surface area (Å²) in [5.74, 6) is 1.68. The van der Waals surface area contributed by atoms with Crippen LogP contribution < -0.4 is 0 Å². The third-order valence-electron chi connectivity index (χ3n) is 3.64. The maximum absolute atomic E-state index is 5.98. The molecule has 5 heteroatoms. The number of aromatic nitrogens is 2. The summed E-state index contributed by atoms with van der Waals surface area (Å²) in [5.41, 5.74) is 2.35. The van der Waals surface area contributed by atoms with E-state index < -0.39 is 0 Å². The minimum absolute atomic E-state index is 0.0573. The third-order valence-corrected chi connectivity index (χ3v) is 3.86.